The van der Waals surface area contributed by atoms with E-state index in [1.54, 1.807) is 0 Å². The lowest BCUT2D eigenvalue weighted by atomic mass is 9.42. The highest BCUT2D eigenvalue weighted by molar-refractivity contribution is 5.85. The second-order valence-corrected chi connectivity index (χ2v) is 12.2. The highest BCUT2D eigenvalue weighted by atomic mass is 16.6. The molecule has 2 N–H and O–H groups in total. The summed E-state index contributed by atoms with van der Waals surface area (Å²) in [4.78, 5) is 35.6. The van der Waals surface area contributed by atoms with Crippen LogP contribution in [0.25, 0.3) is 0 Å². The molecule has 9 atom stereocenters. The molecule has 0 spiro atoms. The number of hydrogen-bond acceptors (Lipinski definition) is 8. The summed E-state index contributed by atoms with van der Waals surface area (Å²) in [6, 6.07) is 0. The van der Waals surface area contributed by atoms with Gasteiger partial charge in [-0.15, -0.1) is 0 Å². The Bertz CT molecular complexity index is 974. The second-order valence-electron chi connectivity index (χ2n) is 12.2. The van der Waals surface area contributed by atoms with Gasteiger partial charge in [0.1, 0.15) is 24.4 Å². The van der Waals surface area contributed by atoms with Crippen LogP contribution in [0.3, 0.4) is 0 Å². The summed E-state index contributed by atoms with van der Waals surface area (Å²) >= 11 is 0. The van der Waals surface area contributed by atoms with Crippen LogP contribution >= 0.6 is 0 Å². The predicted octanol–water partition coefficient (Wildman–Crippen LogP) is 2.83. The molecule has 0 aromatic heterocycles. The summed E-state index contributed by atoms with van der Waals surface area (Å²) in [5, 5.41) is 24.2. The first-order valence-electron chi connectivity index (χ1n) is 13.0. The van der Waals surface area contributed by atoms with Crippen molar-refractivity contribution in [3.63, 3.8) is 0 Å². The lowest BCUT2D eigenvalue weighted by Gasteiger charge is -2.66. The topological polar surface area (TPSA) is 119 Å². The van der Waals surface area contributed by atoms with Crippen molar-refractivity contribution in [3.05, 3.63) is 11.6 Å². The van der Waals surface area contributed by atoms with Gasteiger partial charge in [0.15, 0.2) is 0 Å². The van der Waals surface area contributed by atoms with E-state index in [0.717, 1.165) is 19.3 Å². The predicted molar refractivity (Wildman–Crippen MR) is 124 cm³/mol. The molecular formula is C27H38O8. The van der Waals surface area contributed by atoms with E-state index in [4.69, 9.17) is 14.2 Å². The molecule has 0 unspecified atom stereocenters. The molecule has 0 aromatic carbocycles. The maximum atomic E-state index is 12.2. The Hall–Kier alpha value is -1.93. The second kappa shape index (κ2) is 8.04. The van der Waals surface area contributed by atoms with E-state index in [-0.39, 0.29) is 36.8 Å². The summed E-state index contributed by atoms with van der Waals surface area (Å²) in [5.74, 6) is -0.707. The summed E-state index contributed by atoms with van der Waals surface area (Å²) in [5.41, 5.74) is -2.68. The Morgan fingerprint density at radius 1 is 0.971 bits per heavy atom. The first-order chi connectivity index (χ1) is 16.3. The van der Waals surface area contributed by atoms with Gasteiger partial charge in [0.2, 0.25) is 0 Å². The minimum atomic E-state index is -1.30. The number of carbonyl (C=O) groups excluding carboxylic acids is 3. The number of aliphatic hydroxyl groups is 2. The average molecular weight is 491 g/mol. The fourth-order valence-electron chi connectivity index (χ4n) is 9.05. The molecule has 0 saturated heterocycles. The molecule has 8 heteroatoms. The van der Waals surface area contributed by atoms with Crippen molar-refractivity contribution in [1.82, 2.24) is 0 Å². The fourth-order valence-corrected chi connectivity index (χ4v) is 9.05. The average Bonchev–Trinajstić information content (AvgIpc) is 3.31. The van der Waals surface area contributed by atoms with Gasteiger partial charge in [-0.25, -0.2) is 4.79 Å². The molecule has 8 nitrogen and oxygen atoms in total. The van der Waals surface area contributed by atoms with Crippen molar-refractivity contribution in [3.8, 4) is 0 Å². The van der Waals surface area contributed by atoms with Gasteiger partial charge in [-0.1, -0.05) is 13.8 Å². The van der Waals surface area contributed by atoms with Crippen LogP contribution in [-0.4, -0.2) is 58.1 Å². The van der Waals surface area contributed by atoms with E-state index in [2.05, 4.69) is 13.8 Å². The zero-order valence-electron chi connectivity index (χ0n) is 21.2. The Kier molecular flexibility index (Phi) is 5.68. The quantitative estimate of drug-likeness (QED) is 0.458. The van der Waals surface area contributed by atoms with E-state index in [0.29, 0.717) is 31.3 Å². The van der Waals surface area contributed by atoms with Gasteiger partial charge in [-0.05, 0) is 62.7 Å². The van der Waals surface area contributed by atoms with E-state index >= 15 is 0 Å². The van der Waals surface area contributed by atoms with Crippen molar-refractivity contribution >= 4 is 17.9 Å². The molecule has 1 aliphatic heterocycles. The lowest BCUT2D eigenvalue weighted by Crippen LogP contribution is -2.70. The summed E-state index contributed by atoms with van der Waals surface area (Å²) in [7, 11) is 0. The number of fused-ring (bicyclic) bond motifs is 5. The maximum Gasteiger partial charge on any atom is 0.331 e. The molecule has 4 aliphatic carbocycles. The van der Waals surface area contributed by atoms with Crippen LogP contribution in [0, 0.1) is 28.6 Å². The van der Waals surface area contributed by atoms with Gasteiger partial charge < -0.3 is 24.4 Å². The van der Waals surface area contributed by atoms with Crippen LogP contribution in [0.4, 0.5) is 0 Å². The monoisotopic (exact) mass is 490 g/mol. The van der Waals surface area contributed by atoms with Crippen LogP contribution in [-0.2, 0) is 28.6 Å². The molecule has 0 amide bonds. The number of cyclic esters (lactones) is 1. The van der Waals surface area contributed by atoms with Crippen LogP contribution in [0.15, 0.2) is 11.6 Å². The van der Waals surface area contributed by atoms with Gasteiger partial charge in [-0.2, -0.15) is 0 Å². The highest BCUT2D eigenvalue weighted by Gasteiger charge is 2.71. The Morgan fingerprint density at radius 3 is 2.23 bits per heavy atom. The number of ether oxygens (including phenoxy) is 3. The van der Waals surface area contributed by atoms with E-state index in [1.807, 2.05) is 0 Å². The molecule has 4 saturated carbocycles. The number of hydrogen-bond donors (Lipinski definition) is 2. The summed E-state index contributed by atoms with van der Waals surface area (Å²) in [6.07, 6.45) is 5.39. The third-order valence-corrected chi connectivity index (χ3v) is 10.8. The Balaban J connectivity index is 1.50. The molecule has 0 aromatic rings. The van der Waals surface area contributed by atoms with Gasteiger partial charge in [0.25, 0.3) is 0 Å². The minimum Gasteiger partial charge on any atom is -0.462 e. The van der Waals surface area contributed by atoms with Crippen molar-refractivity contribution in [2.45, 2.75) is 102 Å². The standard InChI is InChI=1S/C27H38O8/c1-15(28)34-18-5-8-25(4)20-6-9-24(3)21(7-10-26(24,31)17-11-23(30)33-14-17)19(20)12-22(35-16(2)29)27(25,32)13-18/h11,18-22,31-32H,5-10,12-14H2,1-4H3/t18-,19+,20-,21-,22+,24-,25+,26-,27-/m0/s1. The largest absolute Gasteiger partial charge is 0.462 e. The summed E-state index contributed by atoms with van der Waals surface area (Å²) in [6.45, 7) is 7.12. The molecule has 5 aliphatic rings. The van der Waals surface area contributed by atoms with Gasteiger partial charge in [-0.3, -0.25) is 9.59 Å². The summed E-state index contributed by atoms with van der Waals surface area (Å²) < 4.78 is 16.5. The molecule has 1 heterocycles. The maximum absolute atomic E-state index is 12.2. The SMILES string of the molecule is CC(=O)O[C@H]1CC[C@]2(C)[C@H]3CC[C@@]4(C)[C@@H](CC[C@]4(O)C4=CC(=O)OC4)[C@@H]3C[C@@H](OC(C)=O)[C@@]2(O)C1. The number of carbonyl (C=O) groups is 3. The minimum absolute atomic E-state index is 0.136. The lowest BCUT2D eigenvalue weighted by molar-refractivity contribution is -0.273. The van der Waals surface area contributed by atoms with Gasteiger partial charge >= 0.3 is 17.9 Å². The number of esters is 3. The smallest absolute Gasteiger partial charge is 0.331 e. The Morgan fingerprint density at radius 2 is 1.60 bits per heavy atom. The molecule has 35 heavy (non-hydrogen) atoms. The molecule has 0 bridgehead atoms. The third-order valence-electron chi connectivity index (χ3n) is 10.8. The van der Waals surface area contributed by atoms with Crippen LogP contribution in [0.1, 0.15) is 79.1 Å². The van der Waals surface area contributed by atoms with Gasteiger partial charge in [0.05, 0.1) is 5.60 Å². The van der Waals surface area contributed by atoms with Crippen molar-refractivity contribution in [2.75, 3.05) is 6.61 Å². The van der Waals surface area contributed by atoms with E-state index < -0.39 is 46.2 Å². The molecule has 4 fully saturated rings. The number of rotatable bonds is 3. The molecule has 5 rings (SSSR count). The van der Waals surface area contributed by atoms with Crippen LogP contribution < -0.4 is 0 Å². The highest BCUT2D eigenvalue weighted by Crippen LogP contribution is 2.70. The van der Waals surface area contributed by atoms with E-state index in [9.17, 15) is 24.6 Å². The zero-order valence-corrected chi connectivity index (χ0v) is 21.2. The van der Waals surface area contributed by atoms with Crippen LogP contribution in [0.2, 0.25) is 0 Å². The van der Waals surface area contributed by atoms with Crippen molar-refractivity contribution in [2.24, 2.45) is 28.6 Å². The zero-order chi connectivity index (χ0) is 25.4. The molecular weight excluding hydrogens is 452 g/mol. The molecule has 0 radical (unpaired) electrons. The van der Waals surface area contributed by atoms with E-state index in [1.165, 1.54) is 19.9 Å². The third kappa shape index (κ3) is 3.42. The first-order valence-corrected chi connectivity index (χ1v) is 13.0. The normalized spacial score (nSPS) is 48.7. The fraction of sp³-hybridized carbons (Fsp3) is 0.815. The molecule has 194 valence electrons. The first kappa shape index (κ1) is 24.8. The van der Waals surface area contributed by atoms with Gasteiger partial charge in [0, 0.05) is 42.7 Å². The van der Waals surface area contributed by atoms with Crippen molar-refractivity contribution < 1.29 is 38.8 Å². The van der Waals surface area contributed by atoms with Crippen LogP contribution in [0.5, 0.6) is 0 Å². The van der Waals surface area contributed by atoms with Crippen molar-refractivity contribution in [1.29, 1.82) is 0 Å². The Labute approximate surface area is 206 Å².